The summed E-state index contributed by atoms with van der Waals surface area (Å²) in [5, 5.41) is 13.2. The predicted molar refractivity (Wildman–Crippen MR) is 105 cm³/mol. The van der Waals surface area contributed by atoms with Crippen molar-refractivity contribution in [1.29, 1.82) is 0 Å². The fourth-order valence-electron chi connectivity index (χ4n) is 3.04. The second-order valence-corrected chi connectivity index (χ2v) is 6.96. The molecule has 26 heavy (non-hydrogen) atoms. The molecule has 1 aliphatic heterocycles. The fraction of sp³-hybridized carbons (Fsp3) is 0.353. The van der Waals surface area contributed by atoms with Crippen LogP contribution in [0.2, 0.25) is 0 Å². The van der Waals surface area contributed by atoms with E-state index in [0.717, 1.165) is 31.5 Å². The van der Waals surface area contributed by atoms with E-state index in [1.54, 1.807) is 24.5 Å². The van der Waals surface area contributed by atoms with Crippen LogP contribution in [0, 0.1) is 3.83 Å². The average Bonchev–Trinajstić information content (AvgIpc) is 3.06. The molecule has 0 saturated carbocycles. The van der Waals surface area contributed by atoms with Gasteiger partial charge >= 0.3 is 0 Å². The van der Waals surface area contributed by atoms with Crippen LogP contribution in [-0.4, -0.2) is 38.3 Å². The maximum absolute atomic E-state index is 9.98. The lowest BCUT2D eigenvalue weighted by Crippen LogP contribution is -2.18. The summed E-state index contributed by atoms with van der Waals surface area (Å²) >= 11 is 2.09. The summed E-state index contributed by atoms with van der Waals surface area (Å²) in [6, 6.07) is 5.08. The Morgan fingerprint density at radius 3 is 2.96 bits per heavy atom. The first-order valence-electron chi connectivity index (χ1n) is 8.31. The maximum Gasteiger partial charge on any atom is 0.194 e. The molecule has 1 fully saturated rings. The Kier molecular flexibility index (Phi) is 4.81. The number of hydrogen-bond acceptors (Lipinski definition) is 7. The third-order valence-electron chi connectivity index (χ3n) is 4.30. The Bertz CT molecular complexity index is 940. The largest absolute Gasteiger partial charge is 0.504 e. The van der Waals surface area contributed by atoms with Gasteiger partial charge in [0.15, 0.2) is 32.3 Å². The number of methoxy groups -OCH3 is 1. The minimum atomic E-state index is -0.0441. The second kappa shape index (κ2) is 7.23. The van der Waals surface area contributed by atoms with E-state index >= 15 is 0 Å². The smallest absolute Gasteiger partial charge is 0.194 e. The second-order valence-electron chi connectivity index (χ2n) is 6.00. The van der Waals surface area contributed by atoms with Crippen LogP contribution in [0.25, 0.3) is 11.2 Å². The molecule has 2 aromatic heterocycles. The predicted octanol–water partition coefficient (Wildman–Crippen LogP) is 3.59. The molecular formula is C17H18IN5O3. The van der Waals surface area contributed by atoms with E-state index in [2.05, 4.69) is 42.9 Å². The highest BCUT2D eigenvalue weighted by Crippen LogP contribution is 2.32. The zero-order chi connectivity index (χ0) is 18.1. The van der Waals surface area contributed by atoms with E-state index in [4.69, 9.17) is 9.47 Å². The molecule has 136 valence electrons. The molecular weight excluding hydrogens is 449 g/mol. The first-order chi connectivity index (χ1) is 12.7. The SMILES string of the molecule is COc1ccc(Nc2nc(I)nc3c2ncn3C2CCCCO2)cc1O. The van der Waals surface area contributed by atoms with Crippen molar-refractivity contribution < 1.29 is 14.6 Å². The summed E-state index contributed by atoms with van der Waals surface area (Å²) in [6.07, 6.45) is 4.87. The van der Waals surface area contributed by atoms with Gasteiger partial charge in [-0.3, -0.25) is 4.57 Å². The normalized spacial score (nSPS) is 17.4. The van der Waals surface area contributed by atoms with Crippen LogP contribution in [-0.2, 0) is 4.74 Å². The third kappa shape index (κ3) is 3.28. The van der Waals surface area contributed by atoms with Crippen molar-refractivity contribution in [2.45, 2.75) is 25.5 Å². The van der Waals surface area contributed by atoms with E-state index in [9.17, 15) is 5.11 Å². The van der Waals surface area contributed by atoms with Crippen molar-refractivity contribution in [2.75, 3.05) is 19.0 Å². The van der Waals surface area contributed by atoms with Crippen LogP contribution in [0.5, 0.6) is 11.5 Å². The fourth-order valence-corrected chi connectivity index (χ4v) is 3.51. The number of aromatic nitrogens is 4. The van der Waals surface area contributed by atoms with Crippen molar-refractivity contribution in [1.82, 2.24) is 19.5 Å². The number of rotatable bonds is 4. The maximum atomic E-state index is 9.98. The lowest BCUT2D eigenvalue weighted by molar-refractivity contribution is -0.0298. The summed E-state index contributed by atoms with van der Waals surface area (Å²) < 4.78 is 13.5. The van der Waals surface area contributed by atoms with Crippen LogP contribution in [0.1, 0.15) is 25.5 Å². The van der Waals surface area contributed by atoms with E-state index in [0.29, 0.717) is 26.6 Å². The zero-order valence-electron chi connectivity index (χ0n) is 14.1. The Morgan fingerprint density at radius 2 is 2.23 bits per heavy atom. The molecule has 1 atom stereocenters. The molecule has 0 aliphatic carbocycles. The van der Waals surface area contributed by atoms with Gasteiger partial charge in [-0.25, -0.2) is 15.0 Å². The highest BCUT2D eigenvalue weighted by Gasteiger charge is 2.21. The molecule has 1 saturated heterocycles. The van der Waals surface area contributed by atoms with Gasteiger partial charge in [-0.2, -0.15) is 0 Å². The van der Waals surface area contributed by atoms with Crippen molar-refractivity contribution in [3.8, 4) is 11.5 Å². The van der Waals surface area contributed by atoms with Gasteiger partial charge in [0.1, 0.15) is 6.23 Å². The summed E-state index contributed by atoms with van der Waals surface area (Å²) in [7, 11) is 1.51. The number of imidazole rings is 1. The van der Waals surface area contributed by atoms with Crippen molar-refractivity contribution in [2.24, 2.45) is 0 Å². The Hall–Kier alpha value is -2.14. The van der Waals surface area contributed by atoms with Gasteiger partial charge in [0.2, 0.25) is 0 Å². The summed E-state index contributed by atoms with van der Waals surface area (Å²) in [4.78, 5) is 13.5. The molecule has 0 amide bonds. The topological polar surface area (TPSA) is 94.3 Å². The quantitative estimate of drug-likeness (QED) is 0.448. The van der Waals surface area contributed by atoms with E-state index < -0.39 is 0 Å². The lowest BCUT2D eigenvalue weighted by Gasteiger charge is -2.23. The van der Waals surface area contributed by atoms with E-state index in [1.165, 1.54) is 7.11 Å². The molecule has 8 nitrogen and oxygen atoms in total. The third-order valence-corrected chi connectivity index (χ3v) is 4.78. The van der Waals surface area contributed by atoms with Gasteiger partial charge in [0.05, 0.1) is 13.4 Å². The van der Waals surface area contributed by atoms with Gasteiger partial charge in [-0.05, 0) is 31.4 Å². The van der Waals surface area contributed by atoms with Crippen molar-refractivity contribution >= 4 is 45.3 Å². The van der Waals surface area contributed by atoms with Crippen LogP contribution >= 0.6 is 22.6 Å². The van der Waals surface area contributed by atoms with Crippen molar-refractivity contribution in [3.05, 3.63) is 28.4 Å². The first-order valence-corrected chi connectivity index (χ1v) is 9.39. The molecule has 3 aromatic rings. The van der Waals surface area contributed by atoms with Gasteiger partial charge in [0.25, 0.3) is 0 Å². The molecule has 0 spiro atoms. The number of phenols is 1. The van der Waals surface area contributed by atoms with Gasteiger partial charge in [-0.15, -0.1) is 0 Å². The molecule has 2 N–H and O–H groups in total. The molecule has 0 bridgehead atoms. The number of hydrogen-bond donors (Lipinski definition) is 2. The minimum Gasteiger partial charge on any atom is -0.504 e. The zero-order valence-corrected chi connectivity index (χ0v) is 16.3. The highest BCUT2D eigenvalue weighted by molar-refractivity contribution is 14.1. The van der Waals surface area contributed by atoms with Crippen LogP contribution in [0.15, 0.2) is 24.5 Å². The van der Waals surface area contributed by atoms with Crippen molar-refractivity contribution in [3.63, 3.8) is 0 Å². The highest BCUT2D eigenvalue weighted by atomic mass is 127. The van der Waals surface area contributed by atoms with E-state index in [-0.39, 0.29) is 12.0 Å². The molecule has 4 rings (SSSR count). The first kappa shape index (κ1) is 17.3. The molecule has 1 aromatic carbocycles. The lowest BCUT2D eigenvalue weighted by atomic mass is 10.2. The monoisotopic (exact) mass is 467 g/mol. The minimum absolute atomic E-state index is 0.0441. The summed E-state index contributed by atoms with van der Waals surface area (Å²) in [5.41, 5.74) is 2.08. The molecule has 9 heteroatoms. The summed E-state index contributed by atoms with van der Waals surface area (Å²) in [5.74, 6) is 1.05. The van der Waals surface area contributed by atoms with Gasteiger partial charge < -0.3 is 19.9 Å². The van der Waals surface area contributed by atoms with Crippen LogP contribution < -0.4 is 10.1 Å². The molecule has 1 aliphatic rings. The molecule has 1 unspecified atom stereocenters. The molecule has 0 radical (unpaired) electrons. The van der Waals surface area contributed by atoms with Crippen LogP contribution in [0.3, 0.4) is 0 Å². The average molecular weight is 467 g/mol. The number of benzene rings is 1. The molecule has 3 heterocycles. The number of fused-ring (bicyclic) bond motifs is 1. The standard InChI is InChI=1S/C17H18IN5O3/c1-25-12-6-5-10(8-11(12)24)20-15-14-16(22-17(18)21-15)23(9-19-14)13-4-2-3-7-26-13/h5-6,8-9,13,24H,2-4,7H2,1H3,(H,20,21,22). The Morgan fingerprint density at radius 1 is 1.35 bits per heavy atom. The number of nitrogens with zero attached hydrogens (tertiary/aromatic N) is 4. The number of ether oxygens (including phenoxy) is 2. The Balaban J connectivity index is 1.71. The number of phenolic OH excluding ortho intramolecular Hbond substituents is 1. The van der Waals surface area contributed by atoms with Crippen LogP contribution in [0.4, 0.5) is 11.5 Å². The van der Waals surface area contributed by atoms with Gasteiger partial charge in [0, 0.05) is 41.0 Å². The Labute approximate surface area is 163 Å². The number of anilines is 2. The number of nitrogens with one attached hydrogen (secondary N) is 1. The number of aromatic hydroxyl groups is 1. The number of halogens is 1. The summed E-state index contributed by atoms with van der Waals surface area (Å²) in [6.45, 7) is 0.753. The van der Waals surface area contributed by atoms with Gasteiger partial charge in [-0.1, -0.05) is 0 Å². The van der Waals surface area contributed by atoms with E-state index in [1.807, 2.05) is 4.57 Å².